The highest BCUT2D eigenvalue weighted by molar-refractivity contribution is 5.48. The summed E-state index contributed by atoms with van der Waals surface area (Å²) in [6.07, 6.45) is 0. The first kappa shape index (κ1) is 12.0. The third-order valence-electron chi connectivity index (χ3n) is 2.75. The van der Waals surface area contributed by atoms with Crippen molar-refractivity contribution in [3.63, 3.8) is 0 Å². The highest BCUT2D eigenvalue weighted by Gasteiger charge is 2.08. The number of hydrogen-bond acceptors (Lipinski definition) is 3. The molecule has 84 valence electrons. The molecule has 0 aromatic heterocycles. The molecule has 0 saturated carbocycles. The van der Waals surface area contributed by atoms with Gasteiger partial charge in [-0.3, -0.25) is 0 Å². The lowest BCUT2D eigenvalue weighted by atomic mass is 10.1. The van der Waals surface area contributed by atoms with Crippen molar-refractivity contribution in [1.29, 1.82) is 0 Å². The molecule has 0 heterocycles. The molecule has 0 bridgehead atoms. The van der Waals surface area contributed by atoms with E-state index in [1.165, 1.54) is 0 Å². The van der Waals surface area contributed by atoms with Crippen LogP contribution in [-0.2, 0) is 0 Å². The van der Waals surface area contributed by atoms with E-state index >= 15 is 0 Å². The average Bonchev–Trinajstić information content (AvgIpc) is 2.27. The van der Waals surface area contributed by atoms with Crippen LogP contribution >= 0.6 is 0 Å². The molecule has 3 N–H and O–H groups in total. The Morgan fingerprint density at radius 3 is 2.20 bits per heavy atom. The first-order valence-corrected chi connectivity index (χ1v) is 5.25. The Hall–Kier alpha value is -1.06. The van der Waals surface area contributed by atoms with E-state index in [0.29, 0.717) is 0 Å². The van der Waals surface area contributed by atoms with Gasteiger partial charge in [0.15, 0.2) is 0 Å². The lowest BCUT2D eigenvalue weighted by molar-refractivity contribution is 0.270. The number of aliphatic hydroxyl groups excluding tert-OH is 1. The second-order valence-corrected chi connectivity index (χ2v) is 4.02. The Bertz CT molecular complexity index is 295. The molecule has 0 spiro atoms. The van der Waals surface area contributed by atoms with E-state index < -0.39 is 0 Å². The van der Waals surface area contributed by atoms with Crippen LogP contribution in [0.1, 0.15) is 25.5 Å². The van der Waals surface area contributed by atoms with Crippen LogP contribution in [0.4, 0.5) is 5.69 Å². The number of anilines is 1. The molecule has 1 aromatic carbocycles. The molecule has 3 heteroatoms. The fourth-order valence-corrected chi connectivity index (χ4v) is 1.39. The van der Waals surface area contributed by atoms with Gasteiger partial charge >= 0.3 is 0 Å². The van der Waals surface area contributed by atoms with Crippen LogP contribution < -0.4 is 10.6 Å². The predicted molar refractivity (Wildman–Crippen MR) is 64.0 cm³/mol. The fourth-order valence-electron chi connectivity index (χ4n) is 1.39. The molecule has 3 nitrogen and oxygen atoms in total. The van der Waals surface area contributed by atoms with Gasteiger partial charge in [0.05, 0.1) is 6.61 Å². The highest BCUT2D eigenvalue weighted by Crippen LogP contribution is 2.18. The van der Waals surface area contributed by atoms with Gasteiger partial charge in [0.1, 0.15) is 0 Å². The first-order valence-electron chi connectivity index (χ1n) is 5.25. The topological polar surface area (TPSA) is 49.5 Å². The minimum Gasteiger partial charge on any atom is -0.394 e. The molecule has 2 atom stereocenters. The largest absolute Gasteiger partial charge is 0.394 e. The predicted octanol–water partition coefficient (Wildman–Crippen LogP) is 1.52. The van der Waals surface area contributed by atoms with Gasteiger partial charge in [-0.15, -0.1) is 0 Å². The molecule has 15 heavy (non-hydrogen) atoms. The van der Waals surface area contributed by atoms with Crippen molar-refractivity contribution in [3.05, 3.63) is 29.8 Å². The van der Waals surface area contributed by atoms with Crippen molar-refractivity contribution in [2.24, 2.45) is 5.73 Å². The minimum atomic E-state index is 0.0691. The normalized spacial score (nSPS) is 14.7. The molecule has 1 rings (SSSR count). The lowest BCUT2D eigenvalue weighted by Crippen LogP contribution is -2.31. The van der Waals surface area contributed by atoms with Gasteiger partial charge in [-0.25, -0.2) is 0 Å². The van der Waals surface area contributed by atoms with E-state index in [1.807, 2.05) is 50.1 Å². The lowest BCUT2D eigenvalue weighted by Gasteiger charge is -2.25. The maximum Gasteiger partial charge on any atom is 0.0632 e. The Balaban J connectivity index is 2.79. The number of rotatable bonds is 4. The van der Waals surface area contributed by atoms with Gasteiger partial charge in [0.2, 0.25) is 0 Å². The van der Waals surface area contributed by atoms with Crippen molar-refractivity contribution in [2.45, 2.75) is 25.9 Å². The molecular weight excluding hydrogens is 188 g/mol. The zero-order valence-electron chi connectivity index (χ0n) is 9.64. The zero-order valence-corrected chi connectivity index (χ0v) is 9.64. The van der Waals surface area contributed by atoms with Crippen LogP contribution in [0.15, 0.2) is 24.3 Å². The number of likely N-dealkylation sites (N-methyl/N-ethyl adjacent to an activating group) is 1. The maximum atomic E-state index is 9.05. The summed E-state index contributed by atoms with van der Waals surface area (Å²) in [6, 6.07) is 8.32. The molecule has 0 aliphatic carbocycles. The van der Waals surface area contributed by atoms with E-state index in [-0.39, 0.29) is 18.7 Å². The van der Waals surface area contributed by atoms with E-state index in [2.05, 4.69) is 0 Å². The molecule has 0 fully saturated rings. The van der Waals surface area contributed by atoms with Crippen molar-refractivity contribution >= 4 is 5.69 Å². The minimum absolute atomic E-state index is 0.0691. The van der Waals surface area contributed by atoms with Gasteiger partial charge in [0.25, 0.3) is 0 Å². The van der Waals surface area contributed by atoms with E-state index in [0.717, 1.165) is 11.3 Å². The molecule has 0 saturated heterocycles. The number of nitrogens with two attached hydrogens (primary N) is 1. The number of hydrogen-bond donors (Lipinski definition) is 2. The SMILES string of the molecule is CC(CO)N(C)c1ccc([C@@H](C)N)cc1. The van der Waals surface area contributed by atoms with Crippen molar-refractivity contribution < 1.29 is 5.11 Å². The average molecular weight is 208 g/mol. The summed E-state index contributed by atoms with van der Waals surface area (Å²) < 4.78 is 0. The van der Waals surface area contributed by atoms with E-state index in [1.54, 1.807) is 0 Å². The maximum absolute atomic E-state index is 9.05. The van der Waals surface area contributed by atoms with E-state index in [9.17, 15) is 0 Å². The summed E-state index contributed by atoms with van der Waals surface area (Å²) in [6.45, 7) is 4.11. The Kier molecular flexibility index (Phi) is 4.12. The second kappa shape index (κ2) is 5.14. The van der Waals surface area contributed by atoms with Crippen LogP contribution in [-0.4, -0.2) is 24.8 Å². The summed E-state index contributed by atoms with van der Waals surface area (Å²) in [5, 5.41) is 9.05. The van der Waals surface area contributed by atoms with Crippen molar-refractivity contribution in [1.82, 2.24) is 0 Å². The molecule has 0 aliphatic rings. The number of aliphatic hydroxyl groups is 1. The van der Waals surface area contributed by atoms with Gasteiger partial charge < -0.3 is 15.7 Å². The molecule has 0 aliphatic heterocycles. The van der Waals surface area contributed by atoms with Crippen molar-refractivity contribution in [3.8, 4) is 0 Å². The number of benzene rings is 1. The second-order valence-electron chi connectivity index (χ2n) is 4.02. The monoisotopic (exact) mass is 208 g/mol. The highest BCUT2D eigenvalue weighted by atomic mass is 16.3. The van der Waals surface area contributed by atoms with E-state index in [4.69, 9.17) is 10.8 Å². The van der Waals surface area contributed by atoms with Gasteiger partial charge in [-0.2, -0.15) is 0 Å². The first-order chi connectivity index (χ1) is 7.06. The van der Waals surface area contributed by atoms with Gasteiger partial charge in [0, 0.05) is 24.8 Å². The third-order valence-corrected chi connectivity index (χ3v) is 2.75. The Morgan fingerprint density at radius 2 is 1.80 bits per heavy atom. The van der Waals surface area contributed by atoms with Crippen LogP contribution in [0, 0.1) is 0 Å². The summed E-state index contributed by atoms with van der Waals surface area (Å²) in [7, 11) is 1.97. The Morgan fingerprint density at radius 1 is 1.27 bits per heavy atom. The summed E-state index contributed by atoms with van der Waals surface area (Å²) in [5.41, 5.74) is 8.00. The standard InChI is InChI=1S/C12H20N2O/c1-9(8-15)14(3)12-6-4-11(5-7-12)10(2)13/h4-7,9-10,15H,8,13H2,1-3H3/t9?,10-/m1/s1. The van der Waals surface area contributed by atoms with Crippen molar-refractivity contribution in [2.75, 3.05) is 18.6 Å². The molecule has 0 amide bonds. The number of nitrogens with zero attached hydrogens (tertiary/aromatic N) is 1. The van der Waals surface area contributed by atoms with Crippen LogP contribution in [0.25, 0.3) is 0 Å². The molecular formula is C12H20N2O. The van der Waals surface area contributed by atoms with Crippen LogP contribution in [0.5, 0.6) is 0 Å². The Labute approximate surface area is 91.5 Å². The van der Waals surface area contributed by atoms with Gasteiger partial charge in [-0.05, 0) is 31.5 Å². The fraction of sp³-hybridized carbons (Fsp3) is 0.500. The molecule has 0 radical (unpaired) electrons. The quantitative estimate of drug-likeness (QED) is 0.788. The smallest absolute Gasteiger partial charge is 0.0632 e. The molecule has 1 unspecified atom stereocenters. The molecule has 1 aromatic rings. The summed E-state index contributed by atoms with van der Waals surface area (Å²) in [4.78, 5) is 2.05. The summed E-state index contributed by atoms with van der Waals surface area (Å²) in [5.74, 6) is 0. The summed E-state index contributed by atoms with van der Waals surface area (Å²) >= 11 is 0. The van der Waals surface area contributed by atoms with Crippen LogP contribution in [0.3, 0.4) is 0 Å². The zero-order chi connectivity index (χ0) is 11.4. The third kappa shape index (κ3) is 2.94. The van der Waals surface area contributed by atoms with Gasteiger partial charge in [-0.1, -0.05) is 12.1 Å². The van der Waals surface area contributed by atoms with Crippen LogP contribution in [0.2, 0.25) is 0 Å².